The molecule has 1 heterocycles. The minimum atomic E-state index is -0.0207. The zero-order valence-corrected chi connectivity index (χ0v) is 15.2. The van der Waals surface area contributed by atoms with Crippen LogP contribution < -0.4 is 10.3 Å². The molecule has 1 aromatic heterocycles. The maximum atomic E-state index is 12.3. The Morgan fingerprint density at radius 2 is 1.72 bits per heavy atom. The molecule has 4 heteroatoms. The molecule has 2 aromatic carbocycles. The molecule has 0 radical (unpaired) electrons. The maximum absolute atomic E-state index is 12.3. The van der Waals surface area contributed by atoms with Crippen molar-refractivity contribution >= 4 is 10.9 Å². The van der Waals surface area contributed by atoms with Gasteiger partial charge in [0.05, 0.1) is 7.11 Å². The third-order valence-corrected chi connectivity index (χ3v) is 4.45. The largest absolute Gasteiger partial charge is 0.496 e. The molecule has 0 atom stereocenters. The predicted octanol–water partition coefficient (Wildman–Crippen LogP) is 3.79. The predicted molar refractivity (Wildman–Crippen MR) is 102 cm³/mol. The first-order chi connectivity index (χ1) is 12.0. The number of benzene rings is 2. The monoisotopic (exact) mass is 336 g/mol. The molecule has 4 nitrogen and oxygen atoms in total. The molecule has 0 unspecified atom stereocenters. The number of aromatic nitrogens is 1. The van der Waals surface area contributed by atoms with Gasteiger partial charge in [0.15, 0.2) is 0 Å². The smallest absolute Gasteiger partial charge is 0.252 e. The summed E-state index contributed by atoms with van der Waals surface area (Å²) in [6.45, 7) is 5.50. The second-order valence-corrected chi connectivity index (χ2v) is 6.65. The Morgan fingerprint density at radius 3 is 2.40 bits per heavy atom. The van der Waals surface area contributed by atoms with Gasteiger partial charge in [-0.15, -0.1) is 0 Å². The molecule has 130 valence electrons. The Balaban J connectivity index is 1.80. The summed E-state index contributed by atoms with van der Waals surface area (Å²) in [7, 11) is 3.73. The van der Waals surface area contributed by atoms with Crippen LogP contribution in [0.1, 0.15) is 22.3 Å². The van der Waals surface area contributed by atoms with E-state index in [-0.39, 0.29) is 5.56 Å². The Labute approximate surface area is 148 Å². The van der Waals surface area contributed by atoms with Gasteiger partial charge < -0.3 is 9.72 Å². The average Bonchev–Trinajstić information content (AvgIpc) is 2.55. The van der Waals surface area contributed by atoms with E-state index in [0.29, 0.717) is 6.54 Å². The lowest BCUT2D eigenvalue weighted by atomic mass is 10.1. The second-order valence-electron chi connectivity index (χ2n) is 6.65. The molecule has 0 aliphatic rings. The fourth-order valence-electron chi connectivity index (χ4n) is 3.42. The SMILES string of the molecule is COc1c(C)cc(CN(C)Cc2cc3ccccc3[nH]c2=O)cc1C. The van der Waals surface area contributed by atoms with E-state index in [9.17, 15) is 4.79 Å². The molecule has 1 N–H and O–H groups in total. The molecular weight excluding hydrogens is 312 g/mol. The van der Waals surface area contributed by atoms with E-state index in [2.05, 4.69) is 35.9 Å². The highest BCUT2D eigenvalue weighted by Gasteiger charge is 2.10. The van der Waals surface area contributed by atoms with E-state index in [1.165, 1.54) is 5.56 Å². The van der Waals surface area contributed by atoms with E-state index in [0.717, 1.165) is 39.9 Å². The van der Waals surface area contributed by atoms with Gasteiger partial charge in [-0.3, -0.25) is 9.69 Å². The number of rotatable bonds is 5. The van der Waals surface area contributed by atoms with Crippen molar-refractivity contribution in [1.29, 1.82) is 0 Å². The lowest BCUT2D eigenvalue weighted by Crippen LogP contribution is -2.23. The molecular formula is C21H24N2O2. The average molecular weight is 336 g/mol. The zero-order valence-electron chi connectivity index (χ0n) is 15.2. The number of hydrogen-bond acceptors (Lipinski definition) is 3. The minimum Gasteiger partial charge on any atom is -0.496 e. The van der Waals surface area contributed by atoms with Gasteiger partial charge in [-0.1, -0.05) is 30.3 Å². The molecule has 0 bridgehead atoms. The van der Waals surface area contributed by atoms with Crippen molar-refractivity contribution < 1.29 is 4.74 Å². The number of ether oxygens (including phenoxy) is 1. The van der Waals surface area contributed by atoms with Crippen LogP contribution in [-0.2, 0) is 13.1 Å². The summed E-state index contributed by atoms with van der Waals surface area (Å²) in [5.74, 6) is 0.942. The number of hydrogen-bond donors (Lipinski definition) is 1. The van der Waals surface area contributed by atoms with Crippen LogP contribution in [0.15, 0.2) is 47.3 Å². The summed E-state index contributed by atoms with van der Waals surface area (Å²) in [6.07, 6.45) is 0. The zero-order chi connectivity index (χ0) is 18.0. The van der Waals surface area contributed by atoms with Crippen LogP contribution in [0.5, 0.6) is 5.75 Å². The van der Waals surface area contributed by atoms with Crippen LogP contribution in [0.2, 0.25) is 0 Å². The molecule has 3 rings (SSSR count). The Morgan fingerprint density at radius 1 is 1.04 bits per heavy atom. The molecule has 0 saturated heterocycles. The molecule has 0 aliphatic carbocycles. The van der Waals surface area contributed by atoms with Gasteiger partial charge >= 0.3 is 0 Å². The van der Waals surface area contributed by atoms with Crippen LogP contribution in [0.3, 0.4) is 0 Å². The highest BCUT2D eigenvalue weighted by molar-refractivity contribution is 5.78. The molecule has 0 aliphatic heterocycles. The normalized spacial score (nSPS) is 11.2. The van der Waals surface area contributed by atoms with Crippen molar-refractivity contribution in [3.05, 3.63) is 75.1 Å². The van der Waals surface area contributed by atoms with E-state index in [4.69, 9.17) is 4.74 Å². The fourth-order valence-corrected chi connectivity index (χ4v) is 3.42. The van der Waals surface area contributed by atoms with Gasteiger partial charge in [0.2, 0.25) is 0 Å². The first-order valence-electron chi connectivity index (χ1n) is 8.41. The van der Waals surface area contributed by atoms with E-state index in [1.54, 1.807) is 7.11 Å². The summed E-state index contributed by atoms with van der Waals surface area (Å²) in [5, 5.41) is 1.06. The molecule has 3 aromatic rings. The molecule has 25 heavy (non-hydrogen) atoms. The molecule has 0 fully saturated rings. The Hall–Kier alpha value is -2.59. The van der Waals surface area contributed by atoms with Gasteiger partial charge in [-0.2, -0.15) is 0 Å². The number of nitrogens with zero attached hydrogens (tertiary/aromatic N) is 1. The van der Waals surface area contributed by atoms with Gasteiger partial charge in [-0.05, 0) is 55.1 Å². The van der Waals surface area contributed by atoms with Crippen LogP contribution in [0.4, 0.5) is 0 Å². The summed E-state index contributed by atoms with van der Waals surface area (Å²) in [6, 6.07) is 14.1. The van der Waals surface area contributed by atoms with Crippen molar-refractivity contribution in [2.24, 2.45) is 0 Å². The van der Waals surface area contributed by atoms with Crippen LogP contribution >= 0.6 is 0 Å². The summed E-state index contributed by atoms with van der Waals surface area (Å²) in [4.78, 5) is 17.4. The Bertz CT molecular complexity index is 937. The third kappa shape index (κ3) is 3.74. The van der Waals surface area contributed by atoms with Crippen molar-refractivity contribution in [2.45, 2.75) is 26.9 Å². The first kappa shape index (κ1) is 17.2. The number of methoxy groups -OCH3 is 1. The van der Waals surface area contributed by atoms with E-state index in [1.807, 2.05) is 37.4 Å². The first-order valence-corrected chi connectivity index (χ1v) is 8.41. The number of fused-ring (bicyclic) bond motifs is 1. The van der Waals surface area contributed by atoms with Gasteiger partial charge in [0, 0.05) is 24.2 Å². The van der Waals surface area contributed by atoms with Gasteiger partial charge in [0.1, 0.15) is 5.75 Å². The molecule has 0 amide bonds. The number of para-hydroxylation sites is 1. The topological polar surface area (TPSA) is 45.3 Å². The summed E-state index contributed by atoms with van der Waals surface area (Å²) < 4.78 is 5.43. The highest BCUT2D eigenvalue weighted by atomic mass is 16.5. The van der Waals surface area contributed by atoms with Crippen molar-refractivity contribution in [3.8, 4) is 5.75 Å². The lowest BCUT2D eigenvalue weighted by molar-refractivity contribution is 0.317. The third-order valence-electron chi connectivity index (χ3n) is 4.45. The van der Waals surface area contributed by atoms with Crippen LogP contribution in [0, 0.1) is 13.8 Å². The van der Waals surface area contributed by atoms with Crippen LogP contribution in [-0.4, -0.2) is 24.0 Å². The van der Waals surface area contributed by atoms with E-state index < -0.39 is 0 Å². The van der Waals surface area contributed by atoms with Crippen molar-refractivity contribution in [2.75, 3.05) is 14.2 Å². The van der Waals surface area contributed by atoms with Crippen molar-refractivity contribution in [1.82, 2.24) is 9.88 Å². The number of H-pyrrole nitrogens is 1. The Kier molecular flexibility index (Phi) is 4.91. The van der Waals surface area contributed by atoms with Crippen molar-refractivity contribution in [3.63, 3.8) is 0 Å². The van der Waals surface area contributed by atoms with Gasteiger partial charge in [-0.25, -0.2) is 0 Å². The number of nitrogens with one attached hydrogen (secondary N) is 1. The van der Waals surface area contributed by atoms with Crippen LogP contribution in [0.25, 0.3) is 10.9 Å². The van der Waals surface area contributed by atoms with E-state index >= 15 is 0 Å². The lowest BCUT2D eigenvalue weighted by Gasteiger charge is -2.18. The van der Waals surface area contributed by atoms with Gasteiger partial charge in [0.25, 0.3) is 5.56 Å². The number of aryl methyl sites for hydroxylation is 2. The summed E-state index contributed by atoms with van der Waals surface area (Å²) in [5.41, 5.74) is 5.12. The number of pyridine rings is 1. The highest BCUT2D eigenvalue weighted by Crippen LogP contribution is 2.25. The molecule has 0 spiro atoms. The minimum absolute atomic E-state index is 0.0207. The maximum Gasteiger partial charge on any atom is 0.252 e. The summed E-state index contributed by atoms with van der Waals surface area (Å²) >= 11 is 0. The second kappa shape index (κ2) is 7.11. The molecule has 0 saturated carbocycles. The fraction of sp³-hybridized carbons (Fsp3) is 0.286. The quantitative estimate of drug-likeness (QED) is 0.771. The standard InChI is InChI=1S/C21H24N2O2/c1-14-9-16(10-15(2)20(14)25-4)12-23(3)13-18-11-17-7-5-6-8-19(17)22-21(18)24/h5-11H,12-13H2,1-4H3,(H,22,24). The number of aromatic amines is 1.